The number of hydrogen-bond acceptors (Lipinski definition) is 4. The van der Waals surface area contributed by atoms with E-state index in [9.17, 15) is 13.2 Å². The van der Waals surface area contributed by atoms with Gasteiger partial charge in [0.2, 0.25) is 10.0 Å². The first kappa shape index (κ1) is 13.0. The number of anilines is 1. The van der Waals surface area contributed by atoms with Crippen molar-refractivity contribution in [2.75, 3.05) is 16.5 Å². The predicted octanol–water partition coefficient (Wildman–Crippen LogP) is 1.57. The number of ether oxygens (including phenoxy) is 1. The summed E-state index contributed by atoms with van der Waals surface area (Å²) < 4.78 is 29.2. The van der Waals surface area contributed by atoms with Gasteiger partial charge in [-0.25, -0.2) is 13.2 Å². The fourth-order valence-electron chi connectivity index (χ4n) is 1.05. The summed E-state index contributed by atoms with van der Waals surface area (Å²) in [6.07, 6.45) is 0. The largest absolute Gasteiger partial charge is 0.465 e. The number of sulfonamides is 1. The van der Waals surface area contributed by atoms with Crippen LogP contribution in [0.4, 0.5) is 5.69 Å². The summed E-state index contributed by atoms with van der Waals surface area (Å²) in [5.74, 6) is -0.590. The Balaban J connectivity index is 3.10. The van der Waals surface area contributed by atoms with Crippen molar-refractivity contribution in [1.29, 1.82) is 0 Å². The van der Waals surface area contributed by atoms with E-state index in [1.54, 1.807) is 12.1 Å². The lowest BCUT2D eigenvalue weighted by atomic mass is 10.2. The lowest BCUT2D eigenvalue weighted by molar-refractivity contribution is 0.0602. The van der Waals surface area contributed by atoms with E-state index >= 15 is 0 Å². The van der Waals surface area contributed by atoms with Crippen LogP contribution in [-0.2, 0) is 14.8 Å². The summed E-state index contributed by atoms with van der Waals surface area (Å²) >= 11 is 2.84. The van der Waals surface area contributed by atoms with Crippen LogP contribution in [0.1, 0.15) is 10.4 Å². The second kappa shape index (κ2) is 5.31. The Morgan fingerprint density at radius 3 is 2.62 bits per heavy atom. The molecular formula is C9H10BrNO4S. The Bertz CT molecular complexity index is 486. The zero-order chi connectivity index (χ0) is 12.2. The van der Waals surface area contributed by atoms with Crippen molar-refractivity contribution < 1.29 is 17.9 Å². The molecule has 0 bridgehead atoms. The maximum absolute atomic E-state index is 11.3. The van der Waals surface area contributed by atoms with Gasteiger partial charge in [-0.1, -0.05) is 28.1 Å². The van der Waals surface area contributed by atoms with Crippen LogP contribution in [0, 0.1) is 0 Å². The molecule has 0 atom stereocenters. The predicted molar refractivity (Wildman–Crippen MR) is 64.1 cm³/mol. The van der Waals surface area contributed by atoms with Gasteiger partial charge >= 0.3 is 5.97 Å². The van der Waals surface area contributed by atoms with Crippen molar-refractivity contribution in [3.05, 3.63) is 29.8 Å². The van der Waals surface area contributed by atoms with Crippen LogP contribution in [0.5, 0.6) is 0 Å². The third-order valence-electron chi connectivity index (χ3n) is 1.74. The highest BCUT2D eigenvalue weighted by atomic mass is 79.9. The lowest BCUT2D eigenvalue weighted by Crippen LogP contribution is -2.16. The summed E-state index contributed by atoms with van der Waals surface area (Å²) in [7, 11) is -2.24. The molecule has 7 heteroatoms. The summed E-state index contributed by atoms with van der Waals surface area (Å²) in [6, 6.07) is 6.22. The number of methoxy groups -OCH3 is 1. The number of rotatable bonds is 4. The van der Waals surface area contributed by atoms with Gasteiger partial charge in [-0.2, -0.15) is 0 Å². The minimum Gasteiger partial charge on any atom is -0.465 e. The third kappa shape index (κ3) is 3.21. The molecule has 0 saturated carbocycles. The molecule has 0 amide bonds. The van der Waals surface area contributed by atoms with Gasteiger partial charge in [0.05, 0.1) is 18.4 Å². The van der Waals surface area contributed by atoms with Crippen LogP contribution < -0.4 is 4.72 Å². The van der Waals surface area contributed by atoms with Gasteiger partial charge in [0.25, 0.3) is 0 Å². The molecule has 0 aliphatic carbocycles. The van der Waals surface area contributed by atoms with Gasteiger partial charge in [-0.15, -0.1) is 0 Å². The van der Waals surface area contributed by atoms with E-state index in [0.29, 0.717) is 0 Å². The molecule has 88 valence electrons. The van der Waals surface area contributed by atoms with E-state index < -0.39 is 16.0 Å². The Morgan fingerprint density at radius 2 is 2.06 bits per heavy atom. The molecule has 1 N–H and O–H groups in total. The van der Waals surface area contributed by atoms with E-state index in [2.05, 4.69) is 25.4 Å². The Labute approximate surface area is 102 Å². The quantitative estimate of drug-likeness (QED) is 0.677. The molecule has 0 radical (unpaired) electrons. The Kier molecular flexibility index (Phi) is 4.31. The maximum Gasteiger partial charge on any atom is 0.339 e. The maximum atomic E-state index is 11.3. The third-order valence-corrected chi connectivity index (χ3v) is 4.37. The van der Waals surface area contributed by atoms with Crippen LogP contribution in [0.3, 0.4) is 0 Å². The highest BCUT2D eigenvalue weighted by molar-refractivity contribution is 9.10. The summed E-state index contributed by atoms with van der Waals surface area (Å²) in [4.78, 5) is 11.3. The van der Waals surface area contributed by atoms with E-state index in [0.717, 1.165) is 0 Å². The molecule has 0 saturated heterocycles. The minimum atomic E-state index is -3.48. The van der Waals surface area contributed by atoms with Crippen LogP contribution in [0.2, 0.25) is 0 Å². The standard InChI is InChI=1S/C9H10BrNO4S/c1-15-9(12)7-4-2-3-5-8(7)11-16(13,14)6-10/h2-5,11H,6H2,1H3. The van der Waals surface area contributed by atoms with E-state index in [4.69, 9.17) is 0 Å². The van der Waals surface area contributed by atoms with Crippen molar-refractivity contribution in [1.82, 2.24) is 0 Å². The summed E-state index contributed by atoms with van der Waals surface area (Å²) in [6.45, 7) is 0. The molecule has 1 rings (SSSR count). The summed E-state index contributed by atoms with van der Waals surface area (Å²) in [5.41, 5.74) is 0.378. The Hall–Kier alpha value is -1.08. The number of halogens is 1. The average Bonchev–Trinajstić information content (AvgIpc) is 2.28. The van der Waals surface area contributed by atoms with Gasteiger partial charge in [0.1, 0.15) is 4.66 Å². The fourth-order valence-corrected chi connectivity index (χ4v) is 1.97. The second-order valence-electron chi connectivity index (χ2n) is 2.86. The molecule has 1 aromatic carbocycles. The highest BCUT2D eigenvalue weighted by Gasteiger charge is 2.15. The molecular weight excluding hydrogens is 298 g/mol. The van der Waals surface area contributed by atoms with Gasteiger partial charge in [0, 0.05) is 0 Å². The Morgan fingerprint density at radius 1 is 1.44 bits per heavy atom. The van der Waals surface area contributed by atoms with Crippen LogP contribution in [0.15, 0.2) is 24.3 Å². The van der Waals surface area contributed by atoms with Gasteiger partial charge in [0.15, 0.2) is 0 Å². The van der Waals surface area contributed by atoms with E-state index in [1.807, 2.05) is 0 Å². The molecule has 1 aromatic rings. The topological polar surface area (TPSA) is 72.5 Å². The first-order chi connectivity index (χ1) is 7.50. The lowest BCUT2D eigenvalue weighted by Gasteiger charge is -2.09. The highest BCUT2D eigenvalue weighted by Crippen LogP contribution is 2.17. The molecule has 0 heterocycles. The van der Waals surface area contributed by atoms with Crippen LogP contribution in [-0.4, -0.2) is 26.2 Å². The van der Waals surface area contributed by atoms with Crippen molar-refractivity contribution in [2.24, 2.45) is 0 Å². The monoisotopic (exact) mass is 307 g/mol. The molecule has 16 heavy (non-hydrogen) atoms. The molecule has 0 unspecified atom stereocenters. The molecule has 0 fully saturated rings. The minimum absolute atomic E-state index is 0.175. The van der Waals surface area contributed by atoms with Crippen molar-refractivity contribution in [2.45, 2.75) is 0 Å². The number of para-hydroxylation sites is 1. The number of esters is 1. The van der Waals surface area contributed by atoms with Gasteiger partial charge in [-0.3, -0.25) is 4.72 Å². The number of alkyl halides is 1. The molecule has 0 aliphatic heterocycles. The number of carbonyl (C=O) groups is 1. The number of carbonyl (C=O) groups excluding carboxylic acids is 1. The second-order valence-corrected chi connectivity index (χ2v) is 5.89. The van der Waals surface area contributed by atoms with Crippen molar-refractivity contribution >= 4 is 37.6 Å². The SMILES string of the molecule is COC(=O)c1ccccc1NS(=O)(=O)CBr. The first-order valence-corrected chi connectivity index (χ1v) is 7.01. The molecule has 5 nitrogen and oxygen atoms in total. The number of benzene rings is 1. The van der Waals surface area contributed by atoms with Crippen LogP contribution >= 0.6 is 15.9 Å². The van der Waals surface area contributed by atoms with Gasteiger partial charge < -0.3 is 4.74 Å². The average molecular weight is 308 g/mol. The van der Waals surface area contributed by atoms with Crippen molar-refractivity contribution in [3.63, 3.8) is 0 Å². The van der Waals surface area contributed by atoms with E-state index in [1.165, 1.54) is 19.2 Å². The number of hydrogen-bond donors (Lipinski definition) is 1. The number of nitrogens with one attached hydrogen (secondary N) is 1. The summed E-state index contributed by atoms with van der Waals surface area (Å²) in [5, 5.41) is 0. The van der Waals surface area contributed by atoms with Gasteiger partial charge in [-0.05, 0) is 12.1 Å². The van der Waals surface area contributed by atoms with Crippen LogP contribution in [0.25, 0.3) is 0 Å². The zero-order valence-electron chi connectivity index (χ0n) is 8.44. The molecule has 0 aromatic heterocycles. The molecule has 0 spiro atoms. The van der Waals surface area contributed by atoms with E-state index in [-0.39, 0.29) is 15.9 Å². The first-order valence-electron chi connectivity index (χ1n) is 4.24. The van der Waals surface area contributed by atoms with Crippen molar-refractivity contribution in [3.8, 4) is 0 Å². The smallest absolute Gasteiger partial charge is 0.339 e. The zero-order valence-corrected chi connectivity index (χ0v) is 10.8. The normalized spacial score (nSPS) is 10.9. The molecule has 0 aliphatic rings. The fraction of sp³-hybridized carbons (Fsp3) is 0.222.